The van der Waals surface area contributed by atoms with Crippen LogP contribution in [0.3, 0.4) is 0 Å². The smallest absolute Gasteiger partial charge is 0.258 e. The van der Waals surface area contributed by atoms with E-state index in [1.54, 1.807) is 10.6 Å². The molecule has 2 N–H and O–H groups in total. The molecule has 0 radical (unpaired) electrons. The van der Waals surface area contributed by atoms with Crippen molar-refractivity contribution < 1.29 is 0 Å². The van der Waals surface area contributed by atoms with Crippen LogP contribution in [0.4, 0.5) is 0 Å². The van der Waals surface area contributed by atoms with Gasteiger partial charge in [0.25, 0.3) is 5.56 Å². The number of halogens is 1. The van der Waals surface area contributed by atoms with Gasteiger partial charge in [0.05, 0.1) is 5.69 Å². The van der Waals surface area contributed by atoms with E-state index in [9.17, 15) is 4.79 Å². The molecule has 3 aromatic heterocycles. The van der Waals surface area contributed by atoms with Gasteiger partial charge in [0, 0.05) is 28.1 Å². The Hall–Kier alpha value is -2.65. The lowest BCUT2D eigenvalue weighted by atomic mass is 10.2. The highest BCUT2D eigenvalue weighted by Crippen LogP contribution is 2.28. The molecule has 0 spiro atoms. The number of fused-ring (bicyclic) bond motifs is 1. The first-order chi connectivity index (χ1) is 13.0. The maximum absolute atomic E-state index is 12.3. The number of pyridine rings is 1. The molecule has 9 heteroatoms. The third-order valence-electron chi connectivity index (χ3n) is 4.07. The lowest BCUT2D eigenvalue weighted by Gasteiger charge is -2.07. The van der Waals surface area contributed by atoms with Crippen molar-refractivity contribution in [1.82, 2.24) is 24.3 Å². The number of nitrogens with two attached hydrogens (primary N) is 1. The van der Waals surface area contributed by atoms with Crippen molar-refractivity contribution in [3.63, 3.8) is 0 Å². The van der Waals surface area contributed by atoms with Gasteiger partial charge in [-0.2, -0.15) is 0 Å². The molecule has 0 aliphatic rings. The van der Waals surface area contributed by atoms with Gasteiger partial charge in [0.1, 0.15) is 5.65 Å². The molecule has 1 aromatic carbocycles. The molecular weight excluding hydrogens is 428 g/mol. The number of rotatable bonds is 4. The third kappa shape index (κ3) is 3.35. The molecule has 0 fully saturated rings. The summed E-state index contributed by atoms with van der Waals surface area (Å²) < 4.78 is 3.88. The number of nitrogen functional groups attached to an aromatic ring is 1. The fourth-order valence-electron chi connectivity index (χ4n) is 2.72. The highest BCUT2D eigenvalue weighted by atomic mass is 79.9. The van der Waals surface area contributed by atoms with Crippen molar-refractivity contribution in [2.24, 2.45) is 0 Å². The van der Waals surface area contributed by atoms with Crippen LogP contribution in [0.2, 0.25) is 0 Å². The van der Waals surface area contributed by atoms with E-state index in [2.05, 4.69) is 31.1 Å². The van der Waals surface area contributed by atoms with E-state index in [1.807, 2.05) is 43.3 Å². The molecule has 27 heavy (non-hydrogen) atoms. The molecule has 3 heterocycles. The molecule has 0 unspecified atom stereocenters. The Morgan fingerprint density at radius 1 is 1.19 bits per heavy atom. The zero-order chi connectivity index (χ0) is 19.0. The molecule has 0 aliphatic carbocycles. The van der Waals surface area contributed by atoms with E-state index in [4.69, 9.17) is 5.84 Å². The minimum absolute atomic E-state index is 0.109. The van der Waals surface area contributed by atoms with E-state index < -0.39 is 0 Å². The number of benzene rings is 1. The van der Waals surface area contributed by atoms with Crippen LogP contribution in [0.25, 0.3) is 17.0 Å². The quantitative estimate of drug-likeness (QED) is 0.385. The Balaban J connectivity index is 1.62. The molecule has 136 valence electrons. The fourth-order valence-corrected chi connectivity index (χ4v) is 3.93. The van der Waals surface area contributed by atoms with Crippen LogP contribution in [0, 0.1) is 6.92 Å². The summed E-state index contributed by atoms with van der Waals surface area (Å²) in [7, 11) is 0. The predicted molar refractivity (Wildman–Crippen MR) is 109 cm³/mol. The van der Waals surface area contributed by atoms with Crippen LogP contribution >= 0.6 is 27.7 Å². The van der Waals surface area contributed by atoms with Crippen LogP contribution < -0.4 is 11.4 Å². The summed E-state index contributed by atoms with van der Waals surface area (Å²) in [6, 6.07) is 13.0. The lowest BCUT2D eigenvalue weighted by molar-refractivity contribution is 0.848. The molecule has 0 bridgehead atoms. The first-order valence-electron chi connectivity index (χ1n) is 8.10. The molecule has 0 atom stereocenters. The van der Waals surface area contributed by atoms with Crippen molar-refractivity contribution in [3.05, 3.63) is 74.7 Å². The van der Waals surface area contributed by atoms with Gasteiger partial charge in [-0.15, -0.1) is 10.2 Å². The topological polar surface area (TPSA) is 91.1 Å². The largest absolute Gasteiger partial charge is 0.335 e. The first-order valence-corrected chi connectivity index (χ1v) is 9.88. The second-order valence-corrected chi connectivity index (χ2v) is 7.71. The van der Waals surface area contributed by atoms with Crippen molar-refractivity contribution in [1.29, 1.82) is 0 Å². The second kappa shape index (κ2) is 7.16. The summed E-state index contributed by atoms with van der Waals surface area (Å²) in [5, 5.41) is 8.91. The molecule has 0 aliphatic heterocycles. The maximum Gasteiger partial charge on any atom is 0.258 e. The van der Waals surface area contributed by atoms with Gasteiger partial charge in [0.15, 0.2) is 5.82 Å². The van der Waals surface area contributed by atoms with E-state index >= 15 is 0 Å². The number of aryl methyl sites for hydroxylation is 1. The first kappa shape index (κ1) is 17.7. The van der Waals surface area contributed by atoms with Gasteiger partial charge in [-0.1, -0.05) is 45.9 Å². The SMILES string of the molecule is Cc1cccn2c(=O)cc(CSc3nnc(-c4ccccc4Br)n3N)nc12. The standard InChI is InChI=1S/C18H15BrN6OS/c1-11-5-4-8-24-15(26)9-12(21-16(11)24)10-27-18-23-22-17(25(18)20)13-6-2-3-7-14(13)19/h2-9H,10,20H2,1H3. The molecule has 0 amide bonds. The van der Waals surface area contributed by atoms with E-state index in [-0.39, 0.29) is 5.56 Å². The minimum Gasteiger partial charge on any atom is -0.335 e. The summed E-state index contributed by atoms with van der Waals surface area (Å²) >= 11 is 4.88. The van der Waals surface area contributed by atoms with Crippen molar-refractivity contribution >= 4 is 33.3 Å². The number of hydrogen-bond donors (Lipinski definition) is 1. The van der Waals surface area contributed by atoms with E-state index in [0.717, 1.165) is 15.6 Å². The molecular formula is C18H15BrN6OS. The zero-order valence-corrected chi connectivity index (χ0v) is 16.7. The Bertz CT molecular complexity index is 1200. The number of aromatic nitrogens is 5. The van der Waals surface area contributed by atoms with Gasteiger partial charge in [-0.3, -0.25) is 9.20 Å². The van der Waals surface area contributed by atoms with Crippen LogP contribution in [0.1, 0.15) is 11.3 Å². The summed E-state index contributed by atoms with van der Waals surface area (Å²) in [6.45, 7) is 1.93. The number of hydrogen-bond acceptors (Lipinski definition) is 6. The fraction of sp³-hybridized carbons (Fsp3) is 0.111. The lowest BCUT2D eigenvalue weighted by Crippen LogP contribution is -2.16. The van der Waals surface area contributed by atoms with Crippen molar-refractivity contribution in [2.45, 2.75) is 17.8 Å². The van der Waals surface area contributed by atoms with Gasteiger partial charge in [0.2, 0.25) is 5.16 Å². The molecule has 0 saturated carbocycles. The van der Waals surface area contributed by atoms with E-state index in [0.29, 0.717) is 28.1 Å². The molecule has 4 rings (SSSR count). The van der Waals surface area contributed by atoms with Gasteiger partial charge in [-0.25, -0.2) is 9.66 Å². The summed E-state index contributed by atoms with van der Waals surface area (Å²) in [5.41, 5.74) is 3.02. The summed E-state index contributed by atoms with van der Waals surface area (Å²) in [4.78, 5) is 16.9. The Labute approximate surface area is 167 Å². The van der Waals surface area contributed by atoms with Gasteiger partial charge < -0.3 is 5.84 Å². The van der Waals surface area contributed by atoms with Crippen LogP contribution in [0.15, 0.2) is 63.1 Å². The number of nitrogens with zero attached hydrogens (tertiary/aromatic N) is 5. The van der Waals surface area contributed by atoms with Crippen LogP contribution in [-0.4, -0.2) is 24.3 Å². The van der Waals surface area contributed by atoms with E-state index in [1.165, 1.54) is 22.5 Å². The second-order valence-electron chi connectivity index (χ2n) is 5.92. The summed E-state index contributed by atoms with van der Waals surface area (Å²) in [5.74, 6) is 7.20. The third-order valence-corrected chi connectivity index (χ3v) is 5.74. The minimum atomic E-state index is -0.109. The Morgan fingerprint density at radius 2 is 2.00 bits per heavy atom. The predicted octanol–water partition coefficient (Wildman–Crippen LogP) is 3.03. The number of thioether (sulfide) groups is 1. The molecule has 4 aromatic rings. The highest BCUT2D eigenvalue weighted by Gasteiger charge is 2.15. The normalized spacial score (nSPS) is 11.2. The zero-order valence-electron chi connectivity index (χ0n) is 14.3. The highest BCUT2D eigenvalue weighted by molar-refractivity contribution is 9.10. The Morgan fingerprint density at radius 3 is 2.81 bits per heavy atom. The van der Waals surface area contributed by atoms with Crippen LogP contribution in [-0.2, 0) is 5.75 Å². The monoisotopic (exact) mass is 442 g/mol. The molecule has 7 nitrogen and oxygen atoms in total. The molecule has 0 saturated heterocycles. The van der Waals surface area contributed by atoms with Crippen LogP contribution in [0.5, 0.6) is 0 Å². The average Bonchev–Trinajstić information content (AvgIpc) is 3.02. The van der Waals surface area contributed by atoms with Crippen molar-refractivity contribution in [2.75, 3.05) is 5.84 Å². The van der Waals surface area contributed by atoms with Crippen molar-refractivity contribution in [3.8, 4) is 11.4 Å². The Kier molecular flexibility index (Phi) is 4.71. The van der Waals surface area contributed by atoms with Gasteiger partial charge >= 0.3 is 0 Å². The van der Waals surface area contributed by atoms with Gasteiger partial charge in [-0.05, 0) is 30.7 Å². The summed E-state index contributed by atoms with van der Waals surface area (Å²) in [6.07, 6.45) is 1.72. The average molecular weight is 443 g/mol. The maximum atomic E-state index is 12.3.